The van der Waals surface area contributed by atoms with E-state index in [1.165, 1.54) is 24.0 Å². The molecule has 0 spiro atoms. The molecule has 1 aliphatic heterocycles. The Hall–Kier alpha value is -2.68. The van der Waals surface area contributed by atoms with E-state index in [2.05, 4.69) is 0 Å². The molecule has 1 aromatic rings. The first-order chi connectivity index (χ1) is 12.7. The van der Waals surface area contributed by atoms with Crippen LogP contribution in [0, 0.1) is 10.1 Å². The van der Waals surface area contributed by atoms with E-state index in [4.69, 9.17) is 16.7 Å². The summed E-state index contributed by atoms with van der Waals surface area (Å²) in [6.45, 7) is 1.72. The highest BCUT2D eigenvalue weighted by molar-refractivity contribution is 6.34. The van der Waals surface area contributed by atoms with Gasteiger partial charge in [-0.3, -0.25) is 24.5 Å². The zero-order valence-corrected chi connectivity index (χ0v) is 15.5. The minimum Gasteiger partial charge on any atom is -0.480 e. The molecular formula is C17H20ClN3O6. The monoisotopic (exact) mass is 397 g/mol. The topological polar surface area (TPSA) is 121 Å². The average molecular weight is 398 g/mol. The predicted molar refractivity (Wildman–Crippen MR) is 96.7 cm³/mol. The lowest BCUT2D eigenvalue weighted by molar-refractivity contribution is -0.384. The Kier molecular flexibility index (Phi) is 6.73. The number of nitro benzene ring substituents is 1. The number of hydrogen-bond donors (Lipinski definition) is 1. The van der Waals surface area contributed by atoms with Crippen LogP contribution in [0.5, 0.6) is 0 Å². The Balaban J connectivity index is 2.11. The van der Waals surface area contributed by atoms with Crippen molar-refractivity contribution in [2.24, 2.45) is 0 Å². The summed E-state index contributed by atoms with van der Waals surface area (Å²) >= 11 is 6.04. The quantitative estimate of drug-likeness (QED) is 0.600. The van der Waals surface area contributed by atoms with Gasteiger partial charge in [0.25, 0.3) is 11.6 Å². The van der Waals surface area contributed by atoms with E-state index in [0.29, 0.717) is 32.4 Å². The molecule has 10 heteroatoms. The number of carboxylic acids is 1. The minimum absolute atomic E-state index is 0.00577. The van der Waals surface area contributed by atoms with Crippen molar-refractivity contribution in [2.75, 3.05) is 19.6 Å². The number of halogens is 1. The number of likely N-dealkylation sites (tertiary alicyclic amines) is 1. The number of hydrogen-bond acceptors (Lipinski definition) is 5. The Bertz CT molecular complexity index is 769. The zero-order valence-electron chi connectivity index (χ0n) is 14.8. The molecule has 1 aromatic carbocycles. The first kappa shape index (κ1) is 20.6. The lowest BCUT2D eigenvalue weighted by Gasteiger charge is -2.29. The Morgan fingerprint density at radius 2 is 2.04 bits per heavy atom. The maximum absolute atomic E-state index is 12.7. The molecule has 1 saturated heterocycles. The summed E-state index contributed by atoms with van der Waals surface area (Å²) in [5.74, 6) is -1.75. The van der Waals surface area contributed by atoms with Gasteiger partial charge in [0, 0.05) is 38.2 Å². The summed E-state index contributed by atoms with van der Waals surface area (Å²) in [6, 6.07) is 3.44. The number of carboxylic acid groups (broad SMARTS) is 1. The normalized spacial score (nSPS) is 17.1. The highest BCUT2D eigenvalue weighted by Gasteiger charge is 2.28. The molecule has 0 radical (unpaired) electrons. The third kappa shape index (κ3) is 5.16. The van der Waals surface area contributed by atoms with E-state index in [1.54, 1.807) is 4.90 Å². The third-order valence-corrected chi connectivity index (χ3v) is 4.84. The van der Waals surface area contributed by atoms with Crippen molar-refractivity contribution < 1.29 is 24.4 Å². The molecule has 1 aliphatic rings. The summed E-state index contributed by atoms with van der Waals surface area (Å²) < 4.78 is 0. The number of benzene rings is 1. The van der Waals surface area contributed by atoms with Crippen molar-refractivity contribution in [2.45, 2.75) is 32.2 Å². The van der Waals surface area contributed by atoms with Crippen LogP contribution in [0.2, 0.25) is 5.02 Å². The second kappa shape index (κ2) is 8.81. The molecule has 1 unspecified atom stereocenters. The third-order valence-electron chi connectivity index (χ3n) is 4.53. The standard InChI is InChI=1S/C17H20ClN3O6/c1-11(22)20(10-16(23)24)12-3-2-7-19(8-6-12)17(25)14-5-4-13(21(26)27)9-15(14)18/h4-5,9,12H,2-3,6-8,10H2,1H3,(H,23,24). The molecule has 1 N–H and O–H groups in total. The van der Waals surface area contributed by atoms with Crippen molar-refractivity contribution in [1.29, 1.82) is 0 Å². The van der Waals surface area contributed by atoms with Crippen LogP contribution < -0.4 is 0 Å². The van der Waals surface area contributed by atoms with Gasteiger partial charge in [-0.05, 0) is 25.3 Å². The molecule has 0 saturated carbocycles. The molecule has 9 nitrogen and oxygen atoms in total. The number of amides is 2. The van der Waals surface area contributed by atoms with Crippen LogP contribution in [0.3, 0.4) is 0 Å². The zero-order chi connectivity index (χ0) is 20.1. The highest BCUT2D eigenvalue weighted by atomic mass is 35.5. The molecule has 1 heterocycles. The fourth-order valence-corrected chi connectivity index (χ4v) is 3.45. The molecule has 1 atom stereocenters. The maximum Gasteiger partial charge on any atom is 0.323 e. The van der Waals surface area contributed by atoms with E-state index in [0.717, 1.165) is 6.07 Å². The number of nitro groups is 1. The average Bonchev–Trinajstić information content (AvgIpc) is 2.84. The van der Waals surface area contributed by atoms with E-state index in [1.807, 2.05) is 0 Å². The first-order valence-electron chi connectivity index (χ1n) is 8.43. The van der Waals surface area contributed by atoms with Crippen molar-refractivity contribution >= 4 is 35.1 Å². The fraction of sp³-hybridized carbons (Fsp3) is 0.471. The summed E-state index contributed by atoms with van der Waals surface area (Å²) in [4.78, 5) is 48.6. The SMILES string of the molecule is CC(=O)N(CC(=O)O)C1CCCN(C(=O)c2ccc([N+](=O)[O-])cc2Cl)CC1. The van der Waals surface area contributed by atoms with Crippen molar-refractivity contribution in [3.05, 3.63) is 38.9 Å². The van der Waals surface area contributed by atoms with E-state index in [9.17, 15) is 24.5 Å². The number of carbonyl (C=O) groups excluding carboxylic acids is 2. The maximum atomic E-state index is 12.7. The van der Waals surface area contributed by atoms with Gasteiger partial charge in [0.2, 0.25) is 5.91 Å². The van der Waals surface area contributed by atoms with Crippen LogP contribution in [-0.2, 0) is 9.59 Å². The fourth-order valence-electron chi connectivity index (χ4n) is 3.20. The summed E-state index contributed by atoms with van der Waals surface area (Å²) in [5, 5.41) is 19.8. The van der Waals surface area contributed by atoms with Gasteiger partial charge < -0.3 is 14.9 Å². The summed E-state index contributed by atoms with van der Waals surface area (Å²) in [7, 11) is 0. The van der Waals surface area contributed by atoms with Crippen molar-refractivity contribution in [3.8, 4) is 0 Å². The molecule has 0 aliphatic carbocycles. The highest BCUT2D eigenvalue weighted by Crippen LogP contribution is 2.25. The molecule has 2 rings (SSSR count). The molecule has 0 bridgehead atoms. The minimum atomic E-state index is -1.08. The van der Waals surface area contributed by atoms with E-state index >= 15 is 0 Å². The Morgan fingerprint density at radius 1 is 1.33 bits per heavy atom. The van der Waals surface area contributed by atoms with Gasteiger partial charge in [0.1, 0.15) is 6.54 Å². The molecule has 146 valence electrons. The number of nitrogens with zero attached hydrogens (tertiary/aromatic N) is 3. The van der Waals surface area contributed by atoms with Gasteiger partial charge in [0.15, 0.2) is 0 Å². The van der Waals surface area contributed by atoms with Crippen LogP contribution in [0.25, 0.3) is 0 Å². The van der Waals surface area contributed by atoms with Crippen LogP contribution in [-0.4, -0.2) is 63.3 Å². The predicted octanol–water partition coefficient (Wildman–Crippen LogP) is 2.18. The van der Waals surface area contributed by atoms with E-state index in [-0.39, 0.29) is 40.7 Å². The van der Waals surface area contributed by atoms with Gasteiger partial charge in [-0.25, -0.2) is 0 Å². The smallest absolute Gasteiger partial charge is 0.323 e. The van der Waals surface area contributed by atoms with Gasteiger partial charge in [-0.2, -0.15) is 0 Å². The molecule has 27 heavy (non-hydrogen) atoms. The van der Waals surface area contributed by atoms with Gasteiger partial charge in [0.05, 0.1) is 15.5 Å². The lowest BCUT2D eigenvalue weighted by atomic mass is 10.1. The molecular weight excluding hydrogens is 378 g/mol. The van der Waals surface area contributed by atoms with Crippen LogP contribution >= 0.6 is 11.6 Å². The van der Waals surface area contributed by atoms with Gasteiger partial charge in [-0.15, -0.1) is 0 Å². The molecule has 1 fully saturated rings. The summed E-state index contributed by atoms with van der Waals surface area (Å²) in [5.41, 5.74) is -0.0204. The van der Waals surface area contributed by atoms with Crippen molar-refractivity contribution in [3.63, 3.8) is 0 Å². The number of carbonyl (C=O) groups is 3. The van der Waals surface area contributed by atoms with E-state index < -0.39 is 10.9 Å². The number of rotatable bonds is 5. The van der Waals surface area contributed by atoms with Gasteiger partial charge >= 0.3 is 5.97 Å². The molecule has 0 aromatic heterocycles. The van der Waals surface area contributed by atoms with Crippen LogP contribution in [0.4, 0.5) is 5.69 Å². The second-order valence-corrected chi connectivity index (χ2v) is 6.75. The molecule has 2 amide bonds. The number of non-ortho nitro benzene ring substituents is 1. The lowest BCUT2D eigenvalue weighted by Crippen LogP contribution is -2.43. The van der Waals surface area contributed by atoms with Crippen LogP contribution in [0.15, 0.2) is 18.2 Å². The van der Waals surface area contributed by atoms with Gasteiger partial charge in [-0.1, -0.05) is 11.6 Å². The Morgan fingerprint density at radius 3 is 2.59 bits per heavy atom. The van der Waals surface area contributed by atoms with Crippen molar-refractivity contribution in [1.82, 2.24) is 9.80 Å². The Labute approximate surface area is 160 Å². The number of aliphatic carboxylic acids is 1. The summed E-state index contributed by atoms with van der Waals surface area (Å²) in [6.07, 6.45) is 1.64. The second-order valence-electron chi connectivity index (χ2n) is 6.34. The first-order valence-corrected chi connectivity index (χ1v) is 8.80. The largest absolute Gasteiger partial charge is 0.480 e. The van der Waals surface area contributed by atoms with Crippen LogP contribution in [0.1, 0.15) is 36.5 Å².